The van der Waals surface area contributed by atoms with E-state index in [2.05, 4.69) is 22.3 Å². The number of nitrogens with one attached hydrogen (secondary N) is 1. The number of rotatable bonds is 5. The summed E-state index contributed by atoms with van der Waals surface area (Å²) in [7, 11) is 0. The van der Waals surface area contributed by atoms with E-state index >= 15 is 0 Å². The first-order valence-electron chi connectivity index (χ1n) is 6.14. The molecule has 96 valence electrons. The number of anilines is 1. The number of fused-ring (bicyclic) bond motifs is 1. The SMILES string of the molecule is CCCC(C)Oc1nc(NN)nc2ccccc12. The van der Waals surface area contributed by atoms with Crippen LogP contribution in [0.15, 0.2) is 24.3 Å². The molecule has 2 aromatic rings. The van der Waals surface area contributed by atoms with Crippen LogP contribution in [0.2, 0.25) is 0 Å². The second-order valence-corrected chi connectivity index (χ2v) is 4.23. The summed E-state index contributed by atoms with van der Waals surface area (Å²) in [6.07, 6.45) is 2.19. The number of nitrogens with two attached hydrogens (primary N) is 1. The van der Waals surface area contributed by atoms with E-state index < -0.39 is 0 Å². The van der Waals surface area contributed by atoms with Gasteiger partial charge in [-0.2, -0.15) is 4.98 Å². The number of benzene rings is 1. The van der Waals surface area contributed by atoms with E-state index in [4.69, 9.17) is 10.6 Å². The van der Waals surface area contributed by atoms with Crippen molar-refractivity contribution in [2.45, 2.75) is 32.8 Å². The third-order valence-corrected chi connectivity index (χ3v) is 2.71. The summed E-state index contributed by atoms with van der Waals surface area (Å²) in [6, 6.07) is 7.73. The molecule has 0 spiro atoms. The number of para-hydroxylation sites is 1. The summed E-state index contributed by atoms with van der Waals surface area (Å²) in [5, 5.41) is 0.902. The first kappa shape index (κ1) is 12.6. The highest BCUT2D eigenvalue weighted by atomic mass is 16.5. The van der Waals surface area contributed by atoms with Crippen LogP contribution in [-0.2, 0) is 0 Å². The lowest BCUT2D eigenvalue weighted by Crippen LogP contribution is -2.15. The fourth-order valence-electron chi connectivity index (χ4n) is 1.86. The van der Waals surface area contributed by atoms with Crippen molar-refractivity contribution in [3.63, 3.8) is 0 Å². The zero-order valence-electron chi connectivity index (χ0n) is 10.7. The van der Waals surface area contributed by atoms with E-state index in [9.17, 15) is 0 Å². The number of nitrogens with zero attached hydrogens (tertiary/aromatic N) is 2. The van der Waals surface area contributed by atoms with E-state index in [0.717, 1.165) is 23.7 Å². The minimum absolute atomic E-state index is 0.124. The molecule has 1 aromatic heterocycles. The molecule has 0 saturated heterocycles. The lowest BCUT2D eigenvalue weighted by Gasteiger charge is -2.15. The van der Waals surface area contributed by atoms with Crippen LogP contribution in [0.1, 0.15) is 26.7 Å². The predicted octanol–water partition coefficient (Wildman–Crippen LogP) is 2.48. The van der Waals surface area contributed by atoms with Crippen LogP contribution in [0.3, 0.4) is 0 Å². The van der Waals surface area contributed by atoms with Gasteiger partial charge in [0, 0.05) is 0 Å². The molecule has 1 unspecified atom stereocenters. The molecule has 0 aliphatic carbocycles. The average molecular weight is 246 g/mol. The van der Waals surface area contributed by atoms with Gasteiger partial charge in [0.15, 0.2) is 0 Å². The summed E-state index contributed by atoms with van der Waals surface area (Å²) >= 11 is 0. The molecule has 3 N–H and O–H groups in total. The first-order chi connectivity index (χ1) is 8.74. The van der Waals surface area contributed by atoms with Gasteiger partial charge >= 0.3 is 0 Å². The maximum absolute atomic E-state index is 5.86. The van der Waals surface area contributed by atoms with E-state index in [1.165, 1.54) is 0 Å². The van der Waals surface area contributed by atoms with Gasteiger partial charge in [-0.05, 0) is 25.5 Å². The molecule has 5 nitrogen and oxygen atoms in total. The quantitative estimate of drug-likeness (QED) is 0.626. The largest absolute Gasteiger partial charge is 0.474 e. The lowest BCUT2D eigenvalue weighted by molar-refractivity contribution is 0.204. The Bertz CT molecular complexity index is 529. The Morgan fingerprint density at radius 1 is 1.33 bits per heavy atom. The molecule has 0 fully saturated rings. The number of ether oxygens (including phenoxy) is 1. The van der Waals surface area contributed by atoms with E-state index in [1.807, 2.05) is 31.2 Å². The third-order valence-electron chi connectivity index (χ3n) is 2.71. The molecular weight excluding hydrogens is 228 g/mol. The van der Waals surface area contributed by atoms with Crippen LogP contribution in [0, 0.1) is 0 Å². The molecule has 1 aromatic carbocycles. The van der Waals surface area contributed by atoms with Crippen molar-refractivity contribution in [2.24, 2.45) is 5.84 Å². The van der Waals surface area contributed by atoms with Gasteiger partial charge in [0.2, 0.25) is 11.8 Å². The van der Waals surface area contributed by atoms with Crippen molar-refractivity contribution in [1.29, 1.82) is 0 Å². The first-order valence-corrected chi connectivity index (χ1v) is 6.14. The Balaban J connectivity index is 2.40. The van der Waals surface area contributed by atoms with E-state index in [-0.39, 0.29) is 6.10 Å². The Morgan fingerprint density at radius 2 is 2.11 bits per heavy atom. The standard InChI is InChI=1S/C13H18N4O/c1-3-6-9(2)18-12-10-7-4-5-8-11(10)15-13(16-12)17-14/h4-5,7-9H,3,6,14H2,1-2H3,(H,15,16,17). The van der Waals surface area contributed by atoms with E-state index in [1.54, 1.807) is 0 Å². The minimum atomic E-state index is 0.124. The number of hydrogen-bond acceptors (Lipinski definition) is 5. The van der Waals surface area contributed by atoms with Crippen molar-refractivity contribution in [3.8, 4) is 5.88 Å². The van der Waals surface area contributed by atoms with Gasteiger partial charge in [0.25, 0.3) is 0 Å². The zero-order valence-corrected chi connectivity index (χ0v) is 10.7. The van der Waals surface area contributed by atoms with Crippen LogP contribution in [0.25, 0.3) is 10.9 Å². The predicted molar refractivity (Wildman–Crippen MR) is 72.3 cm³/mol. The molecule has 0 amide bonds. The second-order valence-electron chi connectivity index (χ2n) is 4.23. The van der Waals surface area contributed by atoms with Crippen LogP contribution >= 0.6 is 0 Å². The number of aromatic nitrogens is 2. The van der Waals surface area contributed by atoms with Crippen LogP contribution < -0.4 is 16.0 Å². The maximum Gasteiger partial charge on any atom is 0.241 e. The molecule has 1 heterocycles. The summed E-state index contributed by atoms with van der Waals surface area (Å²) < 4.78 is 5.86. The lowest BCUT2D eigenvalue weighted by atomic mass is 10.2. The molecule has 2 rings (SSSR count). The van der Waals surface area contributed by atoms with Gasteiger partial charge in [-0.15, -0.1) is 0 Å². The minimum Gasteiger partial charge on any atom is -0.474 e. The smallest absolute Gasteiger partial charge is 0.241 e. The van der Waals surface area contributed by atoms with Gasteiger partial charge in [-0.25, -0.2) is 10.8 Å². The van der Waals surface area contributed by atoms with Crippen molar-refractivity contribution < 1.29 is 4.74 Å². The third kappa shape index (κ3) is 2.68. The fourth-order valence-corrected chi connectivity index (χ4v) is 1.86. The second kappa shape index (κ2) is 5.64. The molecule has 18 heavy (non-hydrogen) atoms. The van der Waals surface area contributed by atoms with Crippen LogP contribution in [-0.4, -0.2) is 16.1 Å². The Hall–Kier alpha value is -1.88. The zero-order chi connectivity index (χ0) is 13.0. The Kier molecular flexibility index (Phi) is 3.94. The monoisotopic (exact) mass is 246 g/mol. The highest BCUT2D eigenvalue weighted by Crippen LogP contribution is 2.24. The van der Waals surface area contributed by atoms with Gasteiger partial charge in [-0.1, -0.05) is 25.5 Å². The molecule has 5 heteroatoms. The van der Waals surface area contributed by atoms with Crippen molar-refractivity contribution in [2.75, 3.05) is 5.43 Å². The van der Waals surface area contributed by atoms with Crippen LogP contribution in [0.5, 0.6) is 5.88 Å². The number of hydrogen-bond donors (Lipinski definition) is 2. The highest BCUT2D eigenvalue weighted by Gasteiger charge is 2.10. The number of hydrazine groups is 1. The molecule has 0 aliphatic heterocycles. The highest BCUT2D eigenvalue weighted by molar-refractivity contribution is 5.84. The van der Waals surface area contributed by atoms with E-state index in [0.29, 0.717) is 11.8 Å². The topological polar surface area (TPSA) is 73.1 Å². The van der Waals surface area contributed by atoms with Gasteiger partial charge in [0.05, 0.1) is 17.0 Å². The molecule has 0 radical (unpaired) electrons. The molecule has 0 saturated carbocycles. The Labute approximate surface area is 106 Å². The van der Waals surface area contributed by atoms with Crippen LogP contribution in [0.4, 0.5) is 5.95 Å². The molecular formula is C13H18N4O. The van der Waals surface area contributed by atoms with Gasteiger partial charge in [0.1, 0.15) is 0 Å². The fraction of sp³-hybridized carbons (Fsp3) is 0.385. The average Bonchev–Trinajstić information content (AvgIpc) is 2.38. The normalized spacial score (nSPS) is 12.4. The van der Waals surface area contributed by atoms with Gasteiger partial charge < -0.3 is 4.74 Å². The summed E-state index contributed by atoms with van der Waals surface area (Å²) in [5.41, 5.74) is 3.28. The van der Waals surface area contributed by atoms with Crippen molar-refractivity contribution in [3.05, 3.63) is 24.3 Å². The summed E-state index contributed by atoms with van der Waals surface area (Å²) in [5.74, 6) is 6.31. The molecule has 0 aliphatic rings. The van der Waals surface area contributed by atoms with Gasteiger partial charge in [-0.3, -0.25) is 5.43 Å². The Morgan fingerprint density at radius 3 is 2.83 bits per heavy atom. The maximum atomic E-state index is 5.86. The molecule has 1 atom stereocenters. The number of nitrogen functional groups attached to an aromatic ring is 1. The van der Waals surface area contributed by atoms with Crippen molar-refractivity contribution in [1.82, 2.24) is 9.97 Å². The van der Waals surface area contributed by atoms with Crippen molar-refractivity contribution >= 4 is 16.9 Å². The summed E-state index contributed by atoms with van der Waals surface area (Å²) in [4.78, 5) is 8.55. The summed E-state index contributed by atoms with van der Waals surface area (Å²) in [6.45, 7) is 4.17. The molecule has 0 bridgehead atoms.